The molecule has 1 N–H and O–H groups in total. The topological polar surface area (TPSA) is 47.6 Å². The number of carbonyl (C=O) groups excluding carboxylic acids is 1. The van der Waals surface area contributed by atoms with E-state index < -0.39 is 6.04 Å². The molecule has 0 spiro atoms. The number of ether oxygens (including phenoxy) is 2. The van der Waals surface area contributed by atoms with Gasteiger partial charge in [0, 0.05) is 5.02 Å². The zero-order valence-corrected chi connectivity index (χ0v) is 8.88. The number of carbonyl (C=O) groups is 1. The van der Waals surface area contributed by atoms with Gasteiger partial charge in [-0.25, -0.2) is 4.79 Å². The Bertz CT molecular complexity index is 394. The third-order valence-corrected chi connectivity index (χ3v) is 2.40. The number of rotatable bonds is 1. The molecule has 5 heteroatoms. The number of anilines is 1. The lowest BCUT2D eigenvalue weighted by atomic mass is 10.2. The highest BCUT2D eigenvalue weighted by Crippen LogP contribution is 2.31. The van der Waals surface area contributed by atoms with Gasteiger partial charge in [0.1, 0.15) is 12.4 Å². The SMILES string of the molecule is COC(=O)C1COc2ccc(Cl)cc2N1. The Morgan fingerprint density at radius 1 is 1.67 bits per heavy atom. The summed E-state index contributed by atoms with van der Waals surface area (Å²) in [5, 5.41) is 3.60. The summed E-state index contributed by atoms with van der Waals surface area (Å²) >= 11 is 5.83. The number of hydrogen-bond donors (Lipinski definition) is 1. The van der Waals surface area contributed by atoms with Gasteiger partial charge in [0.25, 0.3) is 0 Å². The number of hydrogen-bond acceptors (Lipinski definition) is 4. The zero-order valence-electron chi connectivity index (χ0n) is 8.12. The number of benzene rings is 1. The molecule has 0 saturated carbocycles. The van der Waals surface area contributed by atoms with Crippen LogP contribution in [-0.2, 0) is 9.53 Å². The van der Waals surface area contributed by atoms with Crippen molar-refractivity contribution in [2.24, 2.45) is 0 Å². The summed E-state index contributed by atoms with van der Waals surface area (Å²) in [5.41, 5.74) is 0.712. The van der Waals surface area contributed by atoms with Crippen molar-refractivity contribution in [3.63, 3.8) is 0 Å². The van der Waals surface area contributed by atoms with Gasteiger partial charge < -0.3 is 14.8 Å². The van der Waals surface area contributed by atoms with E-state index in [0.717, 1.165) is 0 Å². The molecule has 0 fully saturated rings. The molecule has 0 bridgehead atoms. The molecule has 0 aromatic heterocycles. The maximum absolute atomic E-state index is 11.3. The fraction of sp³-hybridized carbons (Fsp3) is 0.300. The first-order valence-corrected chi connectivity index (χ1v) is 4.85. The quantitative estimate of drug-likeness (QED) is 0.742. The number of fused-ring (bicyclic) bond motifs is 1. The van der Waals surface area contributed by atoms with Crippen LogP contribution in [0.4, 0.5) is 5.69 Å². The molecule has 2 rings (SSSR count). The number of methoxy groups -OCH3 is 1. The van der Waals surface area contributed by atoms with Crippen LogP contribution in [0.2, 0.25) is 5.02 Å². The third kappa shape index (κ3) is 1.99. The number of nitrogens with one attached hydrogen (secondary N) is 1. The molecule has 15 heavy (non-hydrogen) atoms. The summed E-state index contributed by atoms with van der Waals surface area (Å²) in [6.45, 7) is 0.265. The predicted molar refractivity (Wildman–Crippen MR) is 56.4 cm³/mol. The Morgan fingerprint density at radius 3 is 3.20 bits per heavy atom. The monoisotopic (exact) mass is 227 g/mol. The molecule has 1 unspecified atom stereocenters. The molecule has 1 aromatic rings. The van der Waals surface area contributed by atoms with Crippen LogP contribution < -0.4 is 10.1 Å². The molecular formula is C10H10ClNO3. The van der Waals surface area contributed by atoms with Crippen LogP contribution in [0, 0.1) is 0 Å². The maximum Gasteiger partial charge on any atom is 0.331 e. The van der Waals surface area contributed by atoms with Crippen molar-refractivity contribution in [2.45, 2.75) is 6.04 Å². The van der Waals surface area contributed by atoms with Crippen molar-refractivity contribution in [3.05, 3.63) is 23.2 Å². The van der Waals surface area contributed by atoms with Crippen LogP contribution in [0.1, 0.15) is 0 Å². The summed E-state index contributed by atoms with van der Waals surface area (Å²) in [4.78, 5) is 11.3. The summed E-state index contributed by atoms with van der Waals surface area (Å²) in [6.07, 6.45) is 0. The minimum atomic E-state index is -0.471. The molecule has 0 saturated heterocycles. The van der Waals surface area contributed by atoms with Crippen molar-refractivity contribution in [3.8, 4) is 5.75 Å². The standard InChI is InChI=1S/C10H10ClNO3/c1-14-10(13)8-5-15-9-3-2-6(11)4-7(9)12-8/h2-4,8,12H,5H2,1H3. The highest BCUT2D eigenvalue weighted by molar-refractivity contribution is 6.31. The van der Waals surface area contributed by atoms with Crippen LogP contribution in [0.3, 0.4) is 0 Å². The van der Waals surface area contributed by atoms with Crippen LogP contribution in [-0.4, -0.2) is 25.7 Å². The largest absolute Gasteiger partial charge is 0.489 e. The van der Waals surface area contributed by atoms with Gasteiger partial charge in [-0.3, -0.25) is 0 Å². The Kier molecular flexibility index (Phi) is 2.68. The molecule has 1 aliphatic heterocycles. The van der Waals surface area contributed by atoms with E-state index in [1.54, 1.807) is 18.2 Å². The van der Waals surface area contributed by atoms with Crippen molar-refractivity contribution in [1.82, 2.24) is 0 Å². The maximum atomic E-state index is 11.3. The van der Waals surface area contributed by atoms with Gasteiger partial charge in [0.05, 0.1) is 12.8 Å². The number of halogens is 1. The number of esters is 1. The highest BCUT2D eigenvalue weighted by atomic mass is 35.5. The lowest BCUT2D eigenvalue weighted by Crippen LogP contribution is -2.39. The summed E-state index contributed by atoms with van der Waals surface area (Å²) in [7, 11) is 1.34. The van der Waals surface area contributed by atoms with Gasteiger partial charge in [-0.05, 0) is 18.2 Å². The predicted octanol–water partition coefficient (Wildman–Crippen LogP) is 1.69. The summed E-state index contributed by atoms with van der Waals surface area (Å²) in [6, 6.07) is 4.74. The lowest BCUT2D eigenvalue weighted by Gasteiger charge is -2.25. The van der Waals surface area contributed by atoms with Gasteiger partial charge in [-0.2, -0.15) is 0 Å². The van der Waals surface area contributed by atoms with E-state index in [2.05, 4.69) is 10.1 Å². The minimum Gasteiger partial charge on any atom is -0.489 e. The van der Waals surface area contributed by atoms with Crippen LogP contribution in [0.5, 0.6) is 5.75 Å². The van der Waals surface area contributed by atoms with Gasteiger partial charge >= 0.3 is 5.97 Å². The van der Waals surface area contributed by atoms with E-state index in [1.165, 1.54) is 7.11 Å². The first-order valence-electron chi connectivity index (χ1n) is 4.47. The molecule has 1 aromatic carbocycles. The molecule has 1 heterocycles. The first-order chi connectivity index (χ1) is 7.20. The lowest BCUT2D eigenvalue weighted by molar-refractivity contribution is -0.142. The highest BCUT2D eigenvalue weighted by Gasteiger charge is 2.25. The molecule has 0 amide bonds. The first kappa shape index (κ1) is 10.1. The van der Waals surface area contributed by atoms with E-state index >= 15 is 0 Å². The van der Waals surface area contributed by atoms with Crippen LogP contribution >= 0.6 is 11.6 Å². The van der Waals surface area contributed by atoms with Gasteiger partial charge in [-0.1, -0.05) is 11.6 Å². The fourth-order valence-corrected chi connectivity index (χ4v) is 1.58. The molecule has 0 aliphatic carbocycles. The van der Waals surface area contributed by atoms with E-state index in [0.29, 0.717) is 16.5 Å². The van der Waals surface area contributed by atoms with Gasteiger partial charge in [-0.15, -0.1) is 0 Å². The molecule has 4 nitrogen and oxygen atoms in total. The molecule has 0 radical (unpaired) electrons. The normalized spacial score (nSPS) is 18.4. The Labute approximate surface area is 92.1 Å². The third-order valence-electron chi connectivity index (χ3n) is 2.16. The molecule has 80 valence electrons. The second-order valence-electron chi connectivity index (χ2n) is 3.17. The smallest absolute Gasteiger partial charge is 0.331 e. The van der Waals surface area contributed by atoms with Crippen molar-refractivity contribution < 1.29 is 14.3 Å². The Balaban J connectivity index is 2.22. The zero-order chi connectivity index (χ0) is 10.8. The van der Waals surface area contributed by atoms with Crippen LogP contribution in [0.25, 0.3) is 0 Å². The van der Waals surface area contributed by atoms with E-state index in [-0.39, 0.29) is 12.6 Å². The second-order valence-corrected chi connectivity index (χ2v) is 3.61. The van der Waals surface area contributed by atoms with Crippen molar-refractivity contribution >= 4 is 23.3 Å². The van der Waals surface area contributed by atoms with E-state index in [4.69, 9.17) is 16.3 Å². The van der Waals surface area contributed by atoms with E-state index in [9.17, 15) is 4.79 Å². The summed E-state index contributed by atoms with van der Waals surface area (Å²) < 4.78 is 10.0. The Hall–Kier alpha value is -1.42. The average Bonchev–Trinajstić information content (AvgIpc) is 2.27. The van der Waals surface area contributed by atoms with Gasteiger partial charge in [0.15, 0.2) is 6.04 Å². The molecular weight excluding hydrogens is 218 g/mol. The Morgan fingerprint density at radius 2 is 2.47 bits per heavy atom. The van der Waals surface area contributed by atoms with Gasteiger partial charge in [0.2, 0.25) is 0 Å². The van der Waals surface area contributed by atoms with Crippen molar-refractivity contribution in [2.75, 3.05) is 19.0 Å². The summed E-state index contributed by atoms with van der Waals surface area (Å²) in [5.74, 6) is 0.347. The minimum absolute atomic E-state index is 0.265. The molecule has 1 aliphatic rings. The second kappa shape index (κ2) is 3.98. The van der Waals surface area contributed by atoms with Crippen molar-refractivity contribution in [1.29, 1.82) is 0 Å². The van der Waals surface area contributed by atoms with Crippen LogP contribution in [0.15, 0.2) is 18.2 Å². The average molecular weight is 228 g/mol. The fourth-order valence-electron chi connectivity index (χ4n) is 1.41. The molecule has 1 atom stereocenters. The van der Waals surface area contributed by atoms with E-state index in [1.807, 2.05) is 0 Å².